The Kier molecular flexibility index (Phi) is 7.89. The van der Waals surface area contributed by atoms with Crippen LogP contribution in [0, 0.1) is 0 Å². The van der Waals surface area contributed by atoms with Crippen molar-refractivity contribution in [3.8, 4) is 5.75 Å². The summed E-state index contributed by atoms with van der Waals surface area (Å²) in [4.78, 5) is 25.1. The minimum atomic E-state index is -0.741. The van der Waals surface area contributed by atoms with Crippen molar-refractivity contribution in [3.05, 3.63) is 44.0 Å². The monoisotopic (exact) mass is 460 g/mol. The number of nitrogens with one attached hydrogen (secondary N) is 2. The average Bonchev–Trinajstić information content (AvgIpc) is 3.04. The minimum absolute atomic E-state index is 0.294. The van der Waals surface area contributed by atoms with Crippen molar-refractivity contribution in [3.63, 3.8) is 0 Å². The van der Waals surface area contributed by atoms with Crippen LogP contribution in [0.4, 0.5) is 5.69 Å². The van der Waals surface area contributed by atoms with Gasteiger partial charge >= 0.3 is 0 Å². The summed E-state index contributed by atoms with van der Waals surface area (Å²) in [7, 11) is 1.56. The maximum Gasteiger partial charge on any atom is 0.262 e. The van der Waals surface area contributed by atoms with Crippen molar-refractivity contribution in [1.82, 2.24) is 5.32 Å². The standard InChI is InChI=1S/C17H18BrClN2O4S/c1-10(20-17(23)13-6-7-14(18)26-13)16(22)21-12-5-3-4-11(19)15(12)25-9-8-24-2/h3-7,10H,8-9H2,1-2H3,(H,20,23)(H,21,22). The summed E-state index contributed by atoms with van der Waals surface area (Å²) in [6.07, 6.45) is 0. The fraction of sp³-hybridized carbons (Fsp3) is 0.294. The summed E-state index contributed by atoms with van der Waals surface area (Å²) >= 11 is 10.7. The second-order valence-electron chi connectivity index (χ2n) is 5.25. The second-order valence-corrected chi connectivity index (χ2v) is 8.12. The summed E-state index contributed by atoms with van der Waals surface area (Å²) in [5, 5.41) is 5.77. The Labute approximate surface area is 169 Å². The van der Waals surface area contributed by atoms with Crippen LogP contribution >= 0.6 is 38.9 Å². The highest BCUT2D eigenvalue weighted by Gasteiger charge is 2.19. The lowest BCUT2D eigenvalue weighted by Gasteiger charge is -2.17. The molecule has 1 heterocycles. The first kappa shape index (κ1) is 20.7. The molecule has 6 nitrogen and oxygen atoms in total. The van der Waals surface area contributed by atoms with Gasteiger partial charge in [0.25, 0.3) is 5.91 Å². The number of hydrogen-bond donors (Lipinski definition) is 2. The zero-order valence-corrected chi connectivity index (χ0v) is 17.3. The van der Waals surface area contributed by atoms with Crippen molar-refractivity contribution in [2.24, 2.45) is 0 Å². The van der Waals surface area contributed by atoms with Crippen LogP contribution in [0.2, 0.25) is 5.02 Å². The van der Waals surface area contributed by atoms with Gasteiger partial charge in [-0.2, -0.15) is 0 Å². The molecule has 2 rings (SSSR count). The highest BCUT2D eigenvalue weighted by Crippen LogP contribution is 2.33. The van der Waals surface area contributed by atoms with Gasteiger partial charge in [-0.15, -0.1) is 11.3 Å². The Hall–Kier alpha value is -1.61. The molecule has 2 N–H and O–H groups in total. The van der Waals surface area contributed by atoms with Crippen LogP contribution in [0.3, 0.4) is 0 Å². The van der Waals surface area contributed by atoms with Gasteiger partial charge in [-0.3, -0.25) is 9.59 Å². The van der Waals surface area contributed by atoms with E-state index in [0.717, 1.165) is 3.79 Å². The lowest BCUT2D eigenvalue weighted by molar-refractivity contribution is -0.117. The van der Waals surface area contributed by atoms with E-state index in [0.29, 0.717) is 34.6 Å². The molecule has 1 aromatic carbocycles. The van der Waals surface area contributed by atoms with E-state index in [9.17, 15) is 9.59 Å². The van der Waals surface area contributed by atoms with Crippen LogP contribution in [-0.2, 0) is 9.53 Å². The third-order valence-electron chi connectivity index (χ3n) is 3.30. The molecule has 2 amide bonds. The van der Waals surface area contributed by atoms with Gasteiger partial charge in [-0.05, 0) is 47.1 Å². The molecule has 1 atom stereocenters. The number of methoxy groups -OCH3 is 1. The third kappa shape index (κ3) is 5.70. The number of carbonyl (C=O) groups is 2. The summed E-state index contributed by atoms with van der Waals surface area (Å²) in [6, 6.07) is 7.77. The summed E-state index contributed by atoms with van der Waals surface area (Å²) in [6.45, 7) is 2.29. The molecule has 0 radical (unpaired) electrons. The molecule has 26 heavy (non-hydrogen) atoms. The van der Waals surface area contributed by atoms with E-state index in [1.54, 1.807) is 44.4 Å². The molecule has 0 aliphatic rings. The molecule has 0 saturated carbocycles. The maximum absolute atomic E-state index is 12.4. The predicted molar refractivity (Wildman–Crippen MR) is 106 cm³/mol. The largest absolute Gasteiger partial charge is 0.487 e. The van der Waals surface area contributed by atoms with Crippen molar-refractivity contribution < 1.29 is 19.1 Å². The Morgan fingerprint density at radius 2 is 2.04 bits per heavy atom. The second kappa shape index (κ2) is 9.91. The van der Waals surface area contributed by atoms with Crippen LogP contribution in [-0.4, -0.2) is 38.2 Å². The summed E-state index contributed by atoms with van der Waals surface area (Å²) < 4.78 is 11.4. The van der Waals surface area contributed by atoms with Gasteiger partial charge in [0.2, 0.25) is 5.91 Å². The molecule has 1 unspecified atom stereocenters. The molecule has 0 aliphatic carbocycles. The van der Waals surface area contributed by atoms with E-state index in [-0.39, 0.29) is 11.8 Å². The van der Waals surface area contributed by atoms with Crippen LogP contribution in [0.5, 0.6) is 5.75 Å². The average molecular weight is 462 g/mol. The molecule has 0 saturated heterocycles. The van der Waals surface area contributed by atoms with Gasteiger partial charge in [0.1, 0.15) is 12.6 Å². The van der Waals surface area contributed by atoms with Gasteiger partial charge < -0.3 is 20.1 Å². The SMILES string of the molecule is COCCOc1c(Cl)cccc1NC(=O)C(C)NC(=O)c1ccc(Br)s1. The number of para-hydroxylation sites is 1. The van der Waals surface area contributed by atoms with Crippen LogP contribution in [0.15, 0.2) is 34.1 Å². The highest BCUT2D eigenvalue weighted by molar-refractivity contribution is 9.11. The Bertz CT molecular complexity index is 784. The molecule has 0 fully saturated rings. The predicted octanol–water partition coefficient (Wildman–Crippen LogP) is 3.95. The normalized spacial score (nSPS) is 11.7. The van der Waals surface area contributed by atoms with Crippen LogP contribution in [0.1, 0.15) is 16.6 Å². The van der Waals surface area contributed by atoms with Crippen molar-refractivity contribution >= 4 is 56.4 Å². The first-order chi connectivity index (χ1) is 12.4. The van der Waals surface area contributed by atoms with Crippen LogP contribution in [0.25, 0.3) is 0 Å². The Morgan fingerprint density at radius 1 is 1.27 bits per heavy atom. The number of rotatable bonds is 8. The lowest BCUT2D eigenvalue weighted by atomic mass is 10.2. The molecule has 140 valence electrons. The van der Waals surface area contributed by atoms with E-state index in [2.05, 4.69) is 26.6 Å². The van der Waals surface area contributed by atoms with Gasteiger partial charge in [0.05, 0.1) is 26.0 Å². The van der Waals surface area contributed by atoms with Gasteiger partial charge in [0, 0.05) is 7.11 Å². The summed E-state index contributed by atoms with van der Waals surface area (Å²) in [5.74, 6) is -0.334. The van der Waals surface area contributed by atoms with Crippen LogP contribution < -0.4 is 15.4 Å². The first-order valence-electron chi connectivity index (χ1n) is 7.69. The summed E-state index contributed by atoms with van der Waals surface area (Å²) in [5.41, 5.74) is 0.429. The number of thiophene rings is 1. The van der Waals surface area contributed by atoms with E-state index >= 15 is 0 Å². The van der Waals surface area contributed by atoms with Gasteiger partial charge in [-0.25, -0.2) is 0 Å². The van der Waals surface area contributed by atoms with Gasteiger partial charge in [0.15, 0.2) is 5.75 Å². The molecular formula is C17H18BrClN2O4S. The van der Waals surface area contributed by atoms with Crippen molar-refractivity contribution in [2.45, 2.75) is 13.0 Å². The smallest absolute Gasteiger partial charge is 0.262 e. The van der Waals surface area contributed by atoms with E-state index in [1.807, 2.05) is 0 Å². The minimum Gasteiger partial charge on any atom is -0.487 e. The number of carbonyl (C=O) groups excluding carboxylic acids is 2. The fourth-order valence-electron chi connectivity index (χ4n) is 1.99. The number of hydrogen-bond acceptors (Lipinski definition) is 5. The van der Waals surface area contributed by atoms with Crippen molar-refractivity contribution in [1.29, 1.82) is 0 Å². The molecule has 9 heteroatoms. The zero-order chi connectivity index (χ0) is 19.1. The quantitative estimate of drug-likeness (QED) is 0.584. The third-order valence-corrected chi connectivity index (χ3v) is 5.22. The molecule has 0 bridgehead atoms. The number of benzene rings is 1. The van der Waals surface area contributed by atoms with E-state index < -0.39 is 6.04 Å². The number of amides is 2. The van der Waals surface area contributed by atoms with E-state index in [1.165, 1.54) is 11.3 Å². The molecule has 1 aromatic heterocycles. The number of halogens is 2. The Morgan fingerprint density at radius 3 is 2.69 bits per heavy atom. The zero-order valence-electron chi connectivity index (χ0n) is 14.2. The number of anilines is 1. The Balaban J connectivity index is 2.02. The fourth-order valence-corrected chi connectivity index (χ4v) is 3.51. The maximum atomic E-state index is 12.4. The topological polar surface area (TPSA) is 76.7 Å². The molecular weight excluding hydrogens is 444 g/mol. The van der Waals surface area contributed by atoms with E-state index in [4.69, 9.17) is 21.1 Å². The first-order valence-corrected chi connectivity index (χ1v) is 9.68. The van der Waals surface area contributed by atoms with Crippen molar-refractivity contribution in [2.75, 3.05) is 25.6 Å². The van der Waals surface area contributed by atoms with Gasteiger partial charge in [-0.1, -0.05) is 17.7 Å². The lowest BCUT2D eigenvalue weighted by Crippen LogP contribution is -2.41. The molecule has 0 spiro atoms. The highest BCUT2D eigenvalue weighted by atomic mass is 79.9. The number of ether oxygens (including phenoxy) is 2. The molecule has 2 aromatic rings. The molecule has 0 aliphatic heterocycles.